The Morgan fingerprint density at radius 3 is 2.58 bits per heavy atom. The van der Waals surface area contributed by atoms with Crippen molar-refractivity contribution in [2.75, 3.05) is 11.9 Å². The largest absolute Gasteiger partial charge is 0.463 e. The van der Waals surface area contributed by atoms with Crippen molar-refractivity contribution in [3.05, 3.63) is 87.8 Å². The minimum atomic E-state index is -0.188. The maximum atomic E-state index is 12.4. The number of carbonyl (C=O) groups is 1. The molecule has 134 valence electrons. The molecule has 0 saturated carbocycles. The van der Waals surface area contributed by atoms with Gasteiger partial charge in [-0.25, -0.2) is 0 Å². The standard InChI is InChI=1S/C20H18Cl2N2O2/c1-13-9-10-15(21)20(18(13)22)24-17(25)12-23-19(16-8-5-11-26-16)14-6-3-2-4-7-14/h2-11,19,23H,12H2,1H3,(H,24,25)/p+1/t19-/m0/s1. The molecule has 26 heavy (non-hydrogen) atoms. The van der Waals surface area contributed by atoms with Crippen LogP contribution in [0.25, 0.3) is 0 Å². The summed E-state index contributed by atoms with van der Waals surface area (Å²) in [7, 11) is 0. The van der Waals surface area contributed by atoms with Crippen LogP contribution >= 0.6 is 23.2 Å². The lowest BCUT2D eigenvalue weighted by atomic mass is 10.0. The first-order valence-corrected chi connectivity index (χ1v) is 8.98. The summed E-state index contributed by atoms with van der Waals surface area (Å²) in [5.41, 5.74) is 2.36. The number of rotatable bonds is 6. The number of carbonyl (C=O) groups excluding carboxylic acids is 1. The number of nitrogens with two attached hydrogens (primary N) is 1. The molecule has 6 heteroatoms. The Bertz CT molecular complexity index is 880. The van der Waals surface area contributed by atoms with Crippen LogP contribution in [0, 0.1) is 6.92 Å². The van der Waals surface area contributed by atoms with Gasteiger partial charge in [-0.05, 0) is 30.7 Å². The smallest absolute Gasteiger partial charge is 0.279 e. The molecular weight excluding hydrogens is 371 g/mol. The Morgan fingerprint density at radius 1 is 1.12 bits per heavy atom. The lowest BCUT2D eigenvalue weighted by Gasteiger charge is -2.15. The minimum Gasteiger partial charge on any atom is -0.463 e. The SMILES string of the molecule is Cc1ccc(Cl)c(NC(=O)C[NH2+][C@@H](c2ccccc2)c2ccco2)c1Cl. The lowest BCUT2D eigenvalue weighted by molar-refractivity contribution is -0.678. The zero-order valence-electron chi connectivity index (χ0n) is 14.2. The third kappa shape index (κ3) is 4.28. The molecule has 3 N–H and O–H groups in total. The summed E-state index contributed by atoms with van der Waals surface area (Å²) >= 11 is 12.4. The Morgan fingerprint density at radius 2 is 1.88 bits per heavy atom. The molecular formula is C20H19Cl2N2O2+. The van der Waals surface area contributed by atoms with Gasteiger partial charge in [-0.3, -0.25) is 4.79 Å². The highest BCUT2D eigenvalue weighted by atomic mass is 35.5. The van der Waals surface area contributed by atoms with E-state index in [1.54, 1.807) is 12.3 Å². The molecule has 0 aliphatic rings. The fraction of sp³-hybridized carbons (Fsp3) is 0.150. The molecule has 0 aliphatic heterocycles. The Kier molecular flexibility index (Phi) is 5.99. The predicted molar refractivity (Wildman–Crippen MR) is 104 cm³/mol. The molecule has 1 atom stereocenters. The molecule has 0 spiro atoms. The topological polar surface area (TPSA) is 58.9 Å². The van der Waals surface area contributed by atoms with Crippen molar-refractivity contribution < 1.29 is 14.5 Å². The molecule has 3 rings (SSSR count). The van der Waals surface area contributed by atoms with Crippen LogP contribution in [0.5, 0.6) is 0 Å². The van der Waals surface area contributed by atoms with Crippen LogP contribution in [-0.2, 0) is 4.79 Å². The monoisotopic (exact) mass is 389 g/mol. The van der Waals surface area contributed by atoms with Gasteiger partial charge in [0.1, 0.15) is 0 Å². The summed E-state index contributed by atoms with van der Waals surface area (Å²) < 4.78 is 5.55. The van der Waals surface area contributed by atoms with Gasteiger partial charge < -0.3 is 15.1 Å². The van der Waals surface area contributed by atoms with Crippen LogP contribution in [0.1, 0.15) is 22.9 Å². The molecule has 0 saturated heterocycles. The highest BCUT2D eigenvalue weighted by Crippen LogP contribution is 2.32. The predicted octanol–water partition coefficient (Wildman–Crippen LogP) is 4.19. The van der Waals surface area contributed by atoms with Crippen molar-refractivity contribution in [1.82, 2.24) is 0 Å². The van der Waals surface area contributed by atoms with E-state index >= 15 is 0 Å². The summed E-state index contributed by atoms with van der Waals surface area (Å²) in [6.07, 6.45) is 1.63. The highest BCUT2D eigenvalue weighted by molar-refractivity contribution is 6.40. The van der Waals surface area contributed by atoms with Crippen LogP contribution in [0.4, 0.5) is 5.69 Å². The van der Waals surface area contributed by atoms with Crippen LogP contribution in [0.3, 0.4) is 0 Å². The molecule has 4 nitrogen and oxygen atoms in total. The molecule has 0 radical (unpaired) electrons. The first-order chi connectivity index (χ1) is 12.6. The Hall–Kier alpha value is -2.27. The minimum absolute atomic E-state index is 0.111. The van der Waals surface area contributed by atoms with Crippen molar-refractivity contribution in [2.45, 2.75) is 13.0 Å². The van der Waals surface area contributed by atoms with Crippen molar-refractivity contribution >= 4 is 34.8 Å². The van der Waals surface area contributed by atoms with Crippen molar-refractivity contribution in [2.24, 2.45) is 0 Å². The van der Waals surface area contributed by atoms with Crippen molar-refractivity contribution in [1.29, 1.82) is 0 Å². The molecule has 0 fully saturated rings. The molecule has 1 amide bonds. The molecule has 1 heterocycles. The van der Waals surface area contributed by atoms with Gasteiger partial charge in [-0.2, -0.15) is 0 Å². The Labute approximate surface area is 162 Å². The van der Waals surface area contributed by atoms with Crippen LogP contribution < -0.4 is 10.6 Å². The van der Waals surface area contributed by atoms with Gasteiger partial charge in [-0.1, -0.05) is 59.6 Å². The number of amides is 1. The first-order valence-electron chi connectivity index (χ1n) is 8.22. The molecule has 0 unspecified atom stereocenters. The zero-order valence-corrected chi connectivity index (χ0v) is 15.7. The summed E-state index contributed by atoms with van der Waals surface area (Å²) in [5, 5.41) is 5.60. The van der Waals surface area contributed by atoms with Gasteiger partial charge >= 0.3 is 0 Å². The zero-order chi connectivity index (χ0) is 18.5. The van der Waals surface area contributed by atoms with E-state index in [9.17, 15) is 4.79 Å². The Balaban J connectivity index is 1.72. The number of hydrogen-bond donors (Lipinski definition) is 2. The maximum Gasteiger partial charge on any atom is 0.279 e. The van der Waals surface area contributed by atoms with Gasteiger partial charge in [0, 0.05) is 5.56 Å². The van der Waals surface area contributed by atoms with E-state index in [4.69, 9.17) is 27.6 Å². The summed E-state index contributed by atoms with van der Waals surface area (Å²) in [4.78, 5) is 12.4. The number of hydrogen-bond acceptors (Lipinski definition) is 2. The van der Waals surface area contributed by atoms with Gasteiger partial charge in [0.25, 0.3) is 5.91 Å². The maximum absolute atomic E-state index is 12.4. The fourth-order valence-electron chi connectivity index (χ4n) is 2.73. The van der Waals surface area contributed by atoms with E-state index in [1.165, 1.54) is 0 Å². The van der Waals surface area contributed by atoms with E-state index in [-0.39, 0.29) is 18.5 Å². The summed E-state index contributed by atoms with van der Waals surface area (Å²) in [5.74, 6) is 0.600. The molecule has 3 aromatic rings. The number of benzene rings is 2. The second-order valence-electron chi connectivity index (χ2n) is 5.95. The lowest BCUT2D eigenvalue weighted by Crippen LogP contribution is -2.87. The normalized spacial score (nSPS) is 12.0. The van der Waals surface area contributed by atoms with Crippen LogP contribution in [0.15, 0.2) is 65.3 Å². The van der Waals surface area contributed by atoms with Gasteiger partial charge in [0.2, 0.25) is 0 Å². The number of quaternary nitrogens is 1. The van der Waals surface area contributed by atoms with Crippen LogP contribution in [0.2, 0.25) is 10.0 Å². The summed E-state index contributed by atoms with van der Waals surface area (Å²) in [6, 6.07) is 17.1. The number of halogens is 2. The molecule has 2 aromatic carbocycles. The number of furan rings is 1. The van der Waals surface area contributed by atoms with Gasteiger partial charge in [0.05, 0.1) is 22.0 Å². The second-order valence-corrected chi connectivity index (χ2v) is 6.73. The van der Waals surface area contributed by atoms with E-state index in [0.717, 1.165) is 16.9 Å². The highest BCUT2D eigenvalue weighted by Gasteiger charge is 2.22. The number of anilines is 1. The van der Waals surface area contributed by atoms with Gasteiger partial charge in [0.15, 0.2) is 18.3 Å². The molecule has 0 aliphatic carbocycles. The van der Waals surface area contributed by atoms with Crippen LogP contribution in [-0.4, -0.2) is 12.5 Å². The van der Waals surface area contributed by atoms with Crippen molar-refractivity contribution in [3.63, 3.8) is 0 Å². The number of aryl methyl sites for hydroxylation is 1. The van der Waals surface area contributed by atoms with Crippen molar-refractivity contribution in [3.8, 4) is 0 Å². The average Bonchev–Trinajstić information content (AvgIpc) is 3.17. The third-order valence-electron chi connectivity index (χ3n) is 4.10. The second kappa shape index (κ2) is 8.41. The van der Waals surface area contributed by atoms with E-state index in [0.29, 0.717) is 15.7 Å². The number of nitrogens with one attached hydrogen (secondary N) is 1. The molecule has 1 aromatic heterocycles. The van der Waals surface area contributed by atoms with E-state index in [2.05, 4.69) is 5.32 Å². The van der Waals surface area contributed by atoms with Gasteiger partial charge in [-0.15, -0.1) is 0 Å². The quantitative estimate of drug-likeness (QED) is 0.663. The van der Waals surface area contributed by atoms with E-state index < -0.39 is 0 Å². The first kappa shape index (κ1) is 18.5. The fourth-order valence-corrected chi connectivity index (χ4v) is 3.20. The summed E-state index contributed by atoms with van der Waals surface area (Å²) in [6.45, 7) is 2.06. The third-order valence-corrected chi connectivity index (χ3v) is 4.90. The van der Waals surface area contributed by atoms with E-state index in [1.807, 2.05) is 60.8 Å². The average molecular weight is 390 g/mol. The molecule has 0 bridgehead atoms.